The van der Waals surface area contributed by atoms with Crippen LogP contribution in [0.1, 0.15) is 45.7 Å². The molecule has 1 aliphatic heterocycles. The monoisotopic (exact) mass is 365 g/mol. The number of rotatable bonds is 6. The molecule has 5 heteroatoms. The lowest BCUT2D eigenvalue weighted by molar-refractivity contribution is -0.123. The summed E-state index contributed by atoms with van der Waals surface area (Å²) in [5, 5.41) is 3.76. The summed E-state index contributed by atoms with van der Waals surface area (Å²) in [4.78, 5) is 17.1. The van der Waals surface area contributed by atoms with E-state index in [4.69, 9.17) is 11.6 Å². The Morgan fingerprint density at radius 2 is 1.76 bits per heavy atom. The minimum atomic E-state index is -0.0747. The number of halogens is 1. The third kappa shape index (κ3) is 6.96. The van der Waals surface area contributed by atoms with E-state index < -0.39 is 0 Å². The first-order valence-electron chi connectivity index (χ1n) is 9.23. The molecule has 1 unspecified atom stereocenters. The number of carbonyl (C=O) groups is 1. The molecule has 0 aromatic heterocycles. The van der Waals surface area contributed by atoms with E-state index in [2.05, 4.69) is 35.9 Å². The molecular formula is C20H32ClN3O. The van der Waals surface area contributed by atoms with E-state index in [-0.39, 0.29) is 11.9 Å². The number of hydrogen-bond acceptors (Lipinski definition) is 3. The van der Waals surface area contributed by atoms with Crippen molar-refractivity contribution in [3.63, 3.8) is 0 Å². The van der Waals surface area contributed by atoms with Crippen molar-refractivity contribution in [3.8, 4) is 0 Å². The number of hydrogen-bond donors (Lipinski definition) is 1. The second-order valence-electron chi connectivity index (χ2n) is 8.24. The van der Waals surface area contributed by atoms with Crippen LogP contribution in [0.2, 0.25) is 5.02 Å². The van der Waals surface area contributed by atoms with Gasteiger partial charge in [-0.05, 0) is 36.9 Å². The Hall–Kier alpha value is -1.10. The number of nitrogens with one attached hydrogen (secondary N) is 1. The van der Waals surface area contributed by atoms with Crippen LogP contribution in [0, 0.1) is 5.41 Å². The number of amides is 1. The maximum Gasteiger partial charge on any atom is 0.234 e. The van der Waals surface area contributed by atoms with Gasteiger partial charge in [-0.15, -0.1) is 0 Å². The predicted molar refractivity (Wildman–Crippen MR) is 105 cm³/mol. The first kappa shape index (κ1) is 20.2. The van der Waals surface area contributed by atoms with E-state index in [0.29, 0.717) is 17.0 Å². The molecule has 1 aromatic rings. The molecule has 0 saturated carbocycles. The van der Waals surface area contributed by atoms with E-state index >= 15 is 0 Å². The highest BCUT2D eigenvalue weighted by Gasteiger charge is 2.21. The van der Waals surface area contributed by atoms with Gasteiger partial charge in [0, 0.05) is 31.2 Å². The van der Waals surface area contributed by atoms with Crippen molar-refractivity contribution in [2.24, 2.45) is 5.41 Å². The normalized spacial score (nSPS) is 18.1. The van der Waals surface area contributed by atoms with E-state index in [1.807, 2.05) is 31.2 Å². The van der Waals surface area contributed by atoms with Gasteiger partial charge in [-0.25, -0.2) is 0 Å². The fraction of sp³-hybridized carbons (Fsp3) is 0.650. The molecule has 0 bridgehead atoms. The van der Waals surface area contributed by atoms with E-state index in [9.17, 15) is 4.79 Å². The van der Waals surface area contributed by atoms with Crippen LogP contribution in [0.4, 0.5) is 0 Å². The van der Waals surface area contributed by atoms with Gasteiger partial charge in [-0.2, -0.15) is 0 Å². The minimum absolute atomic E-state index is 0.0653. The van der Waals surface area contributed by atoms with Crippen molar-refractivity contribution < 1.29 is 4.79 Å². The van der Waals surface area contributed by atoms with Crippen molar-refractivity contribution in [2.75, 3.05) is 39.3 Å². The summed E-state index contributed by atoms with van der Waals surface area (Å²) in [5.41, 5.74) is 1.34. The zero-order valence-electron chi connectivity index (χ0n) is 16.0. The van der Waals surface area contributed by atoms with E-state index in [1.165, 1.54) is 6.42 Å². The van der Waals surface area contributed by atoms with Crippen molar-refractivity contribution >= 4 is 17.5 Å². The van der Waals surface area contributed by atoms with Gasteiger partial charge in [-0.1, -0.05) is 50.6 Å². The largest absolute Gasteiger partial charge is 0.348 e. The lowest BCUT2D eigenvalue weighted by Gasteiger charge is -2.35. The first-order valence-corrected chi connectivity index (χ1v) is 9.61. The Balaban J connectivity index is 1.72. The van der Waals surface area contributed by atoms with Gasteiger partial charge in [0.1, 0.15) is 0 Å². The van der Waals surface area contributed by atoms with Crippen LogP contribution in [0.5, 0.6) is 0 Å². The summed E-state index contributed by atoms with van der Waals surface area (Å²) in [6.45, 7) is 14.4. The fourth-order valence-corrected chi connectivity index (χ4v) is 3.36. The highest BCUT2D eigenvalue weighted by atomic mass is 35.5. The molecule has 4 nitrogen and oxygen atoms in total. The van der Waals surface area contributed by atoms with Crippen molar-refractivity contribution in [1.29, 1.82) is 0 Å². The Morgan fingerprint density at radius 1 is 1.16 bits per heavy atom. The summed E-state index contributed by atoms with van der Waals surface area (Å²) >= 11 is 6.20. The zero-order chi connectivity index (χ0) is 18.4. The third-order valence-electron chi connectivity index (χ3n) is 4.76. The van der Waals surface area contributed by atoms with Gasteiger partial charge in [0.15, 0.2) is 0 Å². The summed E-state index contributed by atoms with van der Waals surface area (Å²) < 4.78 is 0. The predicted octanol–water partition coefficient (Wildman–Crippen LogP) is 3.57. The molecule has 1 heterocycles. The molecule has 1 amide bonds. The summed E-state index contributed by atoms with van der Waals surface area (Å²) in [6, 6.07) is 7.59. The van der Waals surface area contributed by atoms with Crippen LogP contribution in [0.3, 0.4) is 0 Å². The van der Waals surface area contributed by atoms with Crippen molar-refractivity contribution in [1.82, 2.24) is 15.1 Å². The summed E-state index contributed by atoms with van der Waals surface area (Å²) in [6.07, 6.45) is 1.21. The van der Waals surface area contributed by atoms with Gasteiger partial charge in [0.2, 0.25) is 5.91 Å². The maximum absolute atomic E-state index is 12.3. The van der Waals surface area contributed by atoms with E-state index in [1.54, 1.807) is 0 Å². The van der Waals surface area contributed by atoms with Crippen LogP contribution in [0.25, 0.3) is 0 Å². The molecule has 140 valence electrons. The van der Waals surface area contributed by atoms with Gasteiger partial charge in [0.05, 0.1) is 12.6 Å². The van der Waals surface area contributed by atoms with Crippen LogP contribution in [-0.4, -0.2) is 55.0 Å². The Bertz CT molecular complexity index is 562. The number of piperazine rings is 1. The molecule has 1 N–H and O–H groups in total. The number of nitrogens with zero attached hydrogens (tertiary/aromatic N) is 2. The highest BCUT2D eigenvalue weighted by molar-refractivity contribution is 6.31. The molecule has 1 aromatic carbocycles. The molecular weight excluding hydrogens is 334 g/mol. The SMILES string of the molecule is CC(NC(=O)CN1CCN(CCC(C)(C)C)CC1)c1ccccc1Cl. The molecule has 1 aliphatic rings. The highest BCUT2D eigenvalue weighted by Crippen LogP contribution is 2.22. The van der Waals surface area contributed by atoms with Crippen molar-refractivity contribution in [3.05, 3.63) is 34.9 Å². The zero-order valence-corrected chi connectivity index (χ0v) is 16.8. The van der Waals surface area contributed by atoms with Gasteiger partial charge < -0.3 is 10.2 Å². The van der Waals surface area contributed by atoms with E-state index in [0.717, 1.165) is 38.3 Å². The molecule has 2 rings (SSSR count). The summed E-state index contributed by atoms with van der Waals surface area (Å²) in [5.74, 6) is 0.0653. The van der Waals surface area contributed by atoms with Crippen LogP contribution in [0.15, 0.2) is 24.3 Å². The third-order valence-corrected chi connectivity index (χ3v) is 5.10. The molecule has 1 fully saturated rings. The topological polar surface area (TPSA) is 35.6 Å². The quantitative estimate of drug-likeness (QED) is 0.837. The van der Waals surface area contributed by atoms with Crippen LogP contribution in [-0.2, 0) is 4.79 Å². The molecule has 25 heavy (non-hydrogen) atoms. The van der Waals surface area contributed by atoms with Crippen molar-refractivity contribution in [2.45, 2.75) is 40.2 Å². The number of carbonyl (C=O) groups excluding carboxylic acids is 1. The van der Waals surface area contributed by atoms with Crippen LogP contribution >= 0.6 is 11.6 Å². The molecule has 1 saturated heterocycles. The second-order valence-corrected chi connectivity index (χ2v) is 8.65. The average molecular weight is 366 g/mol. The first-order chi connectivity index (χ1) is 11.7. The molecule has 0 aliphatic carbocycles. The molecule has 1 atom stereocenters. The average Bonchev–Trinajstić information content (AvgIpc) is 2.53. The molecule has 0 spiro atoms. The lowest BCUT2D eigenvalue weighted by Crippen LogP contribution is -2.50. The maximum atomic E-state index is 12.3. The van der Waals surface area contributed by atoms with Crippen LogP contribution < -0.4 is 5.32 Å². The Kier molecular flexibility index (Phi) is 7.29. The van der Waals surface area contributed by atoms with Gasteiger partial charge >= 0.3 is 0 Å². The number of benzene rings is 1. The Labute approximate surface area is 157 Å². The Morgan fingerprint density at radius 3 is 2.36 bits per heavy atom. The minimum Gasteiger partial charge on any atom is -0.348 e. The smallest absolute Gasteiger partial charge is 0.234 e. The lowest BCUT2D eigenvalue weighted by atomic mass is 9.92. The fourth-order valence-electron chi connectivity index (χ4n) is 3.06. The summed E-state index contributed by atoms with van der Waals surface area (Å²) in [7, 11) is 0. The standard InChI is InChI=1S/C20H32ClN3O/c1-16(17-7-5-6-8-18(17)21)22-19(25)15-24-13-11-23(12-14-24)10-9-20(2,3)4/h5-8,16H,9-15H2,1-4H3,(H,22,25). The van der Waals surface area contributed by atoms with Gasteiger partial charge in [-0.3, -0.25) is 9.69 Å². The second kappa shape index (κ2) is 9.02. The molecule has 0 radical (unpaired) electrons. The van der Waals surface area contributed by atoms with Gasteiger partial charge in [0.25, 0.3) is 0 Å².